The van der Waals surface area contributed by atoms with E-state index in [9.17, 15) is 0 Å². The van der Waals surface area contributed by atoms with Gasteiger partial charge < -0.3 is 5.32 Å². The number of rotatable bonds is 9. The average molecular weight is 203 g/mol. The number of nitrogens with one attached hydrogen (secondary N) is 1. The van der Waals surface area contributed by atoms with E-state index >= 15 is 0 Å². The van der Waals surface area contributed by atoms with E-state index in [1.807, 2.05) is 0 Å². The third kappa shape index (κ3) is 12.4. The lowest BCUT2D eigenvalue weighted by Gasteiger charge is -2.06. The molecular weight excluding hydrogens is 177 g/mol. The monoisotopic (exact) mass is 203 g/mol. The topological polar surface area (TPSA) is 12.0 Å². The molecule has 0 saturated heterocycles. The van der Waals surface area contributed by atoms with Crippen molar-refractivity contribution in [3.05, 3.63) is 0 Å². The van der Waals surface area contributed by atoms with Gasteiger partial charge in [0, 0.05) is 0 Å². The highest BCUT2D eigenvalue weighted by Crippen LogP contribution is 2.02. The number of hydrogen-bond acceptors (Lipinski definition) is 1. The molecule has 0 bridgehead atoms. The van der Waals surface area contributed by atoms with Gasteiger partial charge >= 0.3 is 0 Å². The lowest BCUT2D eigenvalue weighted by molar-refractivity contribution is 0.520. The first kappa shape index (κ1) is 13.4. The second kappa shape index (κ2) is 10.5. The van der Waals surface area contributed by atoms with Gasteiger partial charge in [-0.2, -0.15) is 0 Å². The highest BCUT2D eigenvalue weighted by atomic mass is 31.0. The summed E-state index contributed by atoms with van der Waals surface area (Å²) in [5.74, 6) is 0.860. The molecule has 0 fully saturated rings. The lowest BCUT2D eigenvalue weighted by Crippen LogP contribution is -2.17. The Morgan fingerprint density at radius 2 is 1.69 bits per heavy atom. The summed E-state index contributed by atoms with van der Waals surface area (Å²) in [6.45, 7) is 7.00. The summed E-state index contributed by atoms with van der Waals surface area (Å²) in [6, 6.07) is 0. The van der Waals surface area contributed by atoms with E-state index in [0.717, 1.165) is 5.92 Å². The van der Waals surface area contributed by atoms with Crippen molar-refractivity contribution < 1.29 is 0 Å². The van der Waals surface area contributed by atoms with Crippen molar-refractivity contribution >= 4 is 9.24 Å². The molecule has 0 saturated carbocycles. The van der Waals surface area contributed by atoms with E-state index in [4.69, 9.17) is 0 Å². The van der Waals surface area contributed by atoms with Crippen LogP contribution in [-0.2, 0) is 0 Å². The maximum absolute atomic E-state index is 3.49. The van der Waals surface area contributed by atoms with Crippen LogP contribution in [-0.4, -0.2) is 19.3 Å². The van der Waals surface area contributed by atoms with Crippen molar-refractivity contribution in [3.63, 3.8) is 0 Å². The highest BCUT2D eigenvalue weighted by molar-refractivity contribution is 7.16. The molecule has 0 aliphatic carbocycles. The lowest BCUT2D eigenvalue weighted by atomic mass is 10.1. The second-order valence-corrected chi connectivity index (χ2v) is 4.71. The predicted octanol–water partition coefficient (Wildman–Crippen LogP) is 3.06. The molecule has 0 heterocycles. The van der Waals surface area contributed by atoms with Gasteiger partial charge in [-0.25, -0.2) is 0 Å². The van der Waals surface area contributed by atoms with Crippen LogP contribution >= 0.6 is 9.24 Å². The third-order valence-electron chi connectivity index (χ3n) is 2.19. The Kier molecular flexibility index (Phi) is 10.8. The minimum atomic E-state index is 0.860. The smallest absolute Gasteiger partial charge is 0.00488 e. The Morgan fingerprint density at radius 1 is 1.00 bits per heavy atom. The normalized spacial score (nSPS) is 11.1. The van der Waals surface area contributed by atoms with Gasteiger partial charge in [-0.1, -0.05) is 20.3 Å². The van der Waals surface area contributed by atoms with Crippen molar-refractivity contribution in [2.75, 3.05) is 19.3 Å². The van der Waals surface area contributed by atoms with E-state index in [1.54, 1.807) is 0 Å². The van der Waals surface area contributed by atoms with Crippen LogP contribution in [0.25, 0.3) is 0 Å². The highest BCUT2D eigenvalue weighted by Gasteiger charge is 1.93. The zero-order valence-electron chi connectivity index (χ0n) is 9.31. The summed E-state index contributed by atoms with van der Waals surface area (Å²) in [6.07, 6.45) is 8.03. The fraction of sp³-hybridized carbons (Fsp3) is 1.00. The van der Waals surface area contributed by atoms with Crippen molar-refractivity contribution in [1.82, 2.24) is 5.32 Å². The fourth-order valence-electron chi connectivity index (χ4n) is 1.33. The van der Waals surface area contributed by atoms with Gasteiger partial charge in [0.25, 0.3) is 0 Å². The van der Waals surface area contributed by atoms with E-state index in [0.29, 0.717) is 0 Å². The number of hydrogen-bond donors (Lipinski definition) is 1. The van der Waals surface area contributed by atoms with Crippen LogP contribution in [0.3, 0.4) is 0 Å². The average Bonchev–Trinajstić information content (AvgIpc) is 2.09. The fourth-order valence-corrected chi connectivity index (χ4v) is 1.62. The Labute approximate surface area is 86.3 Å². The van der Waals surface area contributed by atoms with Gasteiger partial charge in [0.15, 0.2) is 0 Å². The minimum Gasteiger partial charge on any atom is -0.317 e. The Balaban J connectivity index is 2.84. The number of unbranched alkanes of at least 4 members (excludes halogenated alkanes) is 2. The molecule has 0 radical (unpaired) electrons. The zero-order chi connectivity index (χ0) is 9.94. The largest absolute Gasteiger partial charge is 0.317 e. The standard InChI is InChI=1S/C11H26NP/c1-11(2)7-6-9-12-8-4-3-5-10-13/h11-12H,3-10,13H2,1-2H3. The Hall–Kier alpha value is 0.390. The molecule has 13 heavy (non-hydrogen) atoms. The summed E-state index contributed by atoms with van der Waals surface area (Å²) in [7, 11) is 2.78. The molecule has 1 unspecified atom stereocenters. The predicted molar refractivity (Wildman–Crippen MR) is 65.4 cm³/mol. The van der Waals surface area contributed by atoms with Crippen LogP contribution < -0.4 is 5.32 Å². The summed E-state index contributed by atoms with van der Waals surface area (Å²) in [4.78, 5) is 0. The van der Waals surface area contributed by atoms with Crippen molar-refractivity contribution in [2.24, 2.45) is 5.92 Å². The maximum Gasteiger partial charge on any atom is -0.00488 e. The maximum atomic E-state index is 3.49. The molecule has 0 rings (SSSR count). The Bertz CT molecular complexity index is 94.1. The van der Waals surface area contributed by atoms with Gasteiger partial charge in [-0.15, -0.1) is 9.24 Å². The van der Waals surface area contributed by atoms with Crippen LogP contribution in [0, 0.1) is 5.92 Å². The van der Waals surface area contributed by atoms with E-state index in [1.165, 1.54) is 51.4 Å². The molecule has 0 spiro atoms. The van der Waals surface area contributed by atoms with Gasteiger partial charge in [-0.05, 0) is 50.9 Å². The molecule has 0 aliphatic rings. The van der Waals surface area contributed by atoms with Gasteiger partial charge in [-0.3, -0.25) is 0 Å². The van der Waals surface area contributed by atoms with Crippen LogP contribution in [0.1, 0.15) is 46.0 Å². The molecule has 2 heteroatoms. The van der Waals surface area contributed by atoms with Gasteiger partial charge in [0.2, 0.25) is 0 Å². The molecule has 1 atom stereocenters. The molecule has 1 N–H and O–H groups in total. The molecule has 80 valence electrons. The summed E-state index contributed by atoms with van der Waals surface area (Å²) >= 11 is 0. The zero-order valence-corrected chi connectivity index (χ0v) is 10.5. The van der Waals surface area contributed by atoms with Crippen LogP contribution in [0.15, 0.2) is 0 Å². The van der Waals surface area contributed by atoms with E-state index in [2.05, 4.69) is 28.4 Å². The molecule has 1 nitrogen and oxygen atoms in total. The molecule has 0 aromatic rings. The molecule has 0 aromatic heterocycles. The minimum absolute atomic E-state index is 0.860. The quantitative estimate of drug-likeness (QED) is 0.448. The van der Waals surface area contributed by atoms with E-state index < -0.39 is 0 Å². The molecule has 0 amide bonds. The van der Waals surface area contributed by atoms with Crippen LogP contribution in [0.5, 0.6) is 0 Å². The first-order valence-electron chi connectivity index (χ1n) is 5.68. The third-order valence-corrected chi connectivity index (χ3v) is 2.60. The van der Waals surface area contributed by atoms with E-state index in [-0.39, 0.29) is 0 Å². The molecule has 0 aromatic carbocycles. The Morgan fingerprint density at radius 3 is 2.31 bits per heavy atom. The second-order valence-electron chi connectivity index (χ2n) is 4.14. The molecular formula is C11H26NP. The van der Waals surface area contributed by atoms with Gasteiger partial charge in [0.05, 0.1) is 0 Å². The van der Waals surface area contributed by atoms with Crippen molar-refractivity contribution in [1.29, 1.82) is 0 Å². The van der Waals surface area contributed by atoms with Gasteiger partial charge in [0.1, 0.15) is 0 Å². The summed E-state index contributed by atoms with van der Waals surface area (Å²) in [5, 5.41) is 3.49. The van der Waals surface area contributed by atoms with Crippen LogP contribution in [0.4, 0.5) is 0 Å². The summed E-state index contributed by atoms with van der Waals surface area (Å²) < 4.78 is 0. The summed E-state index contributed by atoms with van der Waals surface area (Å²) in [5.41, 5.74) is 0. The molecule has 0 aliphatic heterocycles. The SMILES string of the molecule is CC(C)CCCNCCCCCP. The first-order chi connectivity index (χ1) is 6.27. The van der Waals surface area contributed by atoms with Crippen molar-refractivity contribution in [3.8, 4) is 0 Å². The van der Waals surface area contributed by atoms with Crippen LogP contribution in [0.2, 0.25) is 0 Å². The first-order valence-corrected chi connectivity index (χ1v) is 6.49. The van der Waals surface area contributed by atoms with Crippen molar-refractivity contribution in [2.45, 2.75) is 46.0 Å².